The maximum atomic E-state index is 12.2. The van der Waals surface area contributed by atoms with Gasteiger partial charge in [-0.25, -0.2) is 4.58 Å². The molecule has 1 aliphatic heterocycles. The summed E-state index contributed by atoms with van der Waals surface area (Å²) in [6, 6.07) is 17.3. The van der Waals surface area contributed by atoms with Crippen LogP contribution in [-0.4, -0.2) is 22.7 Å². The summed E-state index contributed by atoms with van der Waals surface area (Å²) >= 11 is 0. The predicted molar refractivity (Wildman–Crippen MR) is 74.3 cm³/mol. The molecular weight excluding hydrogens is 272 g/mol. The topological polar surface area (TPSA) is 46.1 Å². The average molecular weight is 287 g/mol. The van der Waals surface area contributed by atoms with Crippen molar-refractivity contribution >= 4 is 11.6 Å². The maximum Gasteiger partial charge on any atom is 0.276 e. The number of halogens is 1. The van der Waals surface area contributed by atoms with Gasteiger partial charge in [0.1, 0.15) is 13.1 Å². The van der Waals surface area contributed by atoms with Crippen molar-refractivity contribution in [3.8, 4) is 0 Å². The van der Waals surface area contributed by atoms with Crippen LogP contribution in [0, 0.1) is 0 Å². The number of Topliss-reactive ketones (excluding diaryl/α,β-unsaturated/α-hetero) is 1. The largest absolute Gasteiger partial charge is 1.00 e. The van der Waals surface area contributed by atoms with Crippen LogP contribution in [0.4, 0.5) is 0 Å². The van der Waals surface area contributed by atoms with Crippen molar-refractivity contribution in [2.75, 3.05) is 6.54 Å². The van der Waals surface area contributed by atoms with E-state index in [1.807, 2.05) is 53.1 Å². The number of rotatable bonds is 3. The van der Waals surface area contributed by atoms with E-state index in [0.29, 0.717) is 18.9 Å². The number of amidine groups is 1. The molecule has 0 unspecified atom stereocenters. The number of hydrogen-bond acceptors (Lipinski definition) is 2. The van der Waals surface area contributed by atoms with Crippen molar-refractivity contribution < 1.29 is 21.8 Å². The Labute approximate surface area is 124 Å². The summed E-state index contributed by atoms with van der Waals surface area (Å²) in [6.45, 7) is 1.03. The van der Waals surface area contributed by atoms with E-state index in [-0.39, 0.29) is 18.2 Å². The van der Waals surface area contributed by atoms with Crippen LogP contribution in [0.3, 0.4) is 0 Å². The molecule has 1 aliphatic rings. The van der Waals surface area contributed by atoms with Crippen LogP contribution in [0.5, 0.6) is 0 Å². The van der Waals surface area contributed by atoms with Crippen molar-refractivity contribution in [2.24, 2.45) is 5.73 Å². The molecule has 2 N–H and O–H groups in total. The quantitative estimate of drug-likeness (QED) is 0.569. The molecule has 2 aromatic rings. The molecule has 0 fully saturated rings. The van der Waals surface area contributed by atoms with Crippen molar-refractivity contribution in [1.29, 1.82) is 0 Å². The van der Waals surface area contributed by atoms with Crippen LogP contribution in [0.2, 0.25) is 0 Å². The van der Waals surface area contributed by atoms with Crippen LogP contribution in [0.1, 0.15) is 21.5 Å². The van der Waals surface area contributed by atoms with E-state index in [2.05, 4.69) is 6.07 Å². The van der Waals surface area contributed by atoms with E-state index < -0.39 is 0 Å². The first kappa shape index (κ1) is 14.3. The minimum Gasteiger partial charge on any atom is -1.00 e. The first-order valence-electron chi connectivity index (χ1n) is 6.29. The highest BCUT2D eigenvalue weighted by atomic mass is 35.5. The van der Waals surface area contributed by atoms with E-state index in [1.165, 1.54) is 5.56 Å². The second-order valence-electron chi connectivity index (χ2n) is 4.69. The van der Waals surface area contributed by atoms with Crippen LogP contribution in [0.25, 0.3) is 0 Å². The fourth-order valence-electron chi connectivity index (χ4n) is 2.40. The number of nitrogens with two attached hydrogens (primary N) is 1. The Kier molecular flexibility index (Phi) is 4.20. The van der Waals surface area contributed by atoms with Gasteiger partial charge in [-0.15, -0.1) is 0 Å². The Hall–Kier alpha value is -2.13. The van der Waals surface area contributed by atoms with Gasteiger partial charge in [-0.1, -0.05) is 48.5 Å². The average Bonchev–Trinajstić information content (AvgIpc) is 2.77. The van der Waals surface area contributed by atoms with Gasteiger partial charge in [0, 0.05) is 11.1 Å². The molecule has 102 valence electrons. The Morgan fingerprint density at radius 2 is 1.70 bits per heavy atom. The van der Waals surface area contributed by atoms with E-state index in [9.17, 15) is 4.79 Å². The lowest BCUT2D eigenvalue weighted by Crippen LogP contribution is -3.00. The van der Waals surface area contributed by atoms with Gasteiger partial charge >= 0.3 is 0 Å². The fraction of sp³-hybridized carbons (Fsp3) is 0.125. The number of benzene rings is 2. The SMILES string of the molecule is NC1=[N+](CC(=O)c2ccccc2)Cc2ccccc21.[Cl-]. The molecule has 0 atom stereocenters. The van der Waals surface area contributed by atoms with Gasteiger partial charge < -0.3 is 12.4 Å². The molecule has 0 aromatic heterocycles. The number of hydrogen-bond donors (Lipinski definition) is 1. The summed E-state index contributed by atoms with van der Waals surface area (Å²) in [7, 11) is 0. The summed E-state index contributed by atoms with van der Waals surface area (Å²) in [5.74, 6) is 0.788. The van der Waals surface area contributed by atoms with Gasteiger partial charge in [-0.05, 0) is 6.07 Å². The Morgan fingerprint density at radius 1 is 1.05 bits per heavy atom. The van der Waals surface area contributed by atoms with Gasteiger partial charge in [0.05, 0.1) is 5.56 Å². The molecule has 0 saturated carbocycles. The van der Waals surface area contributed by atoms with E-state index in [1.54, 1.807) is 0 Å². The van der Waals surface area contributed by atoms with Crippen LogP contribution in [0.15, 0.2) is 54.6 Å². The lowest BCUT2D eigenvalue weighted by molar-refractivity contribution is -0.526. The standard InChI is InChI=1S/C16H14N2O.ClH/c17-16-14-9-5-4-8-13(14)10-18(16)11-15(19)12-6-2-1-3-7-12;/h1-9,17H,10-11H2;1H. The number of nitrogens with zero attached hydrogens (tertiary/aromatic N) is 1. The molecule has 0 spiro atoms. The van der Waals surface area contributed by atoms with Gasteiger partial charge in [0.2, 0.25) is 5.78 Å². The zero-order chi connectivity index (χ0) is 13.2. The third-order valence-electron chi connectivity index (χ3n) is 3.43. The maximum absolute atomic E-state index is 12.2. The molecule has 0 bridgehead atoms. The highest BCUT2D eigenvalue weighted by Gasteiger charge is 2.25. The number of ketones is 1. The summed E-state index contributed by atoms with van der Waals surface area (Å²) in [5, 5.41) is 0. The molecule has 0 amide bonds. The Balaban J connectivity index is 0.00000147. The smallest absolute Gasteiger partial charge is 0.276 e. The molecule has 2 aromatic carbocycles. The van der Waals surface area contributed by atoms with E-state index in [0.717, 1.165) is 11.1 Å². The minimum absolute atomic E-state index is 0. The van der Waals surface area contributed by atoms with Crippen LogP contribution < -0.4 is 18.1 Å². The number of carbonyl (C=O) groups is 1. The molecule has 4 heteroatoms. The van der Waals surface area contributed by atoms with E-state index >= 15 is 0 Å². The second-order valence-corrected chi connectivity index (χ2v) is 4.69. The van der Waals surface area contributed by atoms with Crippen molar-refractivity contribution in [3.63, 3.8) is 0 Å². The third kappa shape index (κ3) is 2.58. The van der Waals surface area contributed by atoms with Crippen molar-refractivity contribution in [3.05, 3.63) is 71.3 Å². The Bertz CT molecular complexity index is 665. The van der Waals surface area contributed by atoms with Crippen LogP contribution in [-0.2, 0) is 6.54 Å². The Morgan fingerprint density at radius 3 is 2.40 bits per heavy atom. The first-order chi connectivity index (χ1) is 9.25. The van der Waals surface area contributed by atoms with Crippen molar-refractivity contribution in [2.45, 2.75) is 6.54 Å². The number of fused-ring (bicyclic) bond motifs is 1. The molecule has 0 saturated heterocycles. The van der Waals surface area contributed by atoms with Gasteiger partial charge in [0.15, 0.2) is 0 Å². The molecule has 20 heavy (non-hydrogen) atoms. The second kappa shape index (κ2) is 5.88. The van der Waals surface area contributed by atoms with Gasteiger partial charge in [-0.3, -0.25) is 10.5 Å². The monoisotopic (exact) mass is 286 g/mol. The van der Waals surface area contributed by atoms with Gasteiger partial charge in [0.25, 0.3) is 5.84 Å². The lowest BCUT2D eigenvalue weighted by Gasteiger charge is -2.02. The summed E-state index contributed by atoms with van der Waals surface area (Å²) in [6.07, 6.45) is 0. The molecule has 3 nitrogen and oxygen atoms in total. The zero-order valence-electron chi connectivity index (χ0n) is 10.9. The summed E-state index contributed by atoms with van der Waals surface area (Å²) in [4.78, 5) is 12.2. The molecule has 0 radical (unpaired) electrons. The molecule has 0 aliphatic carbocycles. The normalized spacial score (nSPS) is 12.8. The van der Waals surface area contributed by atoms with Crippen LogP contribution >= 0.6 is 0 Å². The minimum atomic E-state index is 0. The van der Waals surface area contributed by atoms with Gasteiger partial charge in [-0.2, -0.15) is 0 Å². The predicted octanol–water partition coefficient (Wildman–Crippen LogP) is -1.20. The molecular formula is C16H15ClN2O. The molecule has 1 heterocycles. The summed E-state index contributed by atoms with van der Waals surface area (Å²) in [5.41, 5.74) is 9.06. The third-order valence-corrected chi connectivity index (χ3v) is 3.43. The van der Waals surface area contributed by atoms with Crippen molar-refractivity contribution in [1.82, 2.24) is 0 Å². The highest BCUT2D eigenvalue weighted by Crippen LogP contribution is 2.16. The fourth-order valence-corrected chi connectivity index (χ4v) is 2.40. The zero-order valence-corrected chi connectivity index (χ0v) is 11.7. The number of carbonyl (C=O) groups excluding carboxylic acids is 1. The molecule has 3 rings (SSSR count). The lowest BCUT2D eigenvalue weighted by atomic mass is 10.1. The highest BCUT2D eigenvalue weighted by molar-refractivity contribution is 6.00. The first-order valence-corrected chi connectivity index (χ1v) is 6.29. The summed E-state index contributed by atoms with van der Waals surface area (Å²) < 4.78 is 1.93. The van der Waals surface area contributed by atoms with E-state index in [4.69, 9.17) is 5.73 Å².